The average molecular weight is 364 g/mol. The Morgan fingerprint density at radius 1 is 1.12 bits per heavy atom. The van der Waals surface area contributed by atoms with E-state index in [0.717, 1.165) is 0 Å². The molecule has 0 atom stereocenters. The number of hydrogen-bond acceptors (Lipinski definition) is 4. The number of fused-ring (bicyclic) bond motifs is 1. The summed E-state index contributed by atoms with van der Waals surface area (Å²) in [5.74, 6) is -0.912. The van der Waals surface area contributed by atoms with Crippen molar-refractivity contribution in [1.29, 1.82) is 0 Å². The Labute approximate surface area is 146 Å². The molecule has 0 spiro atoms. The molecule has 3 rings (SSSR count). The second-order valence-corrected chi connectivity index (χ2v) is 5.72. The van der Waals surface area contributed by atoms with E-state index < -0.39 is 5.97 Å². The van der Waals surface area contributed by atoms with Crippen molar-refractivity contribution < 1.29 is 14.3 Å². The summed E-state index contributed by atoms with van der Waals surface area (Å²) in [6.07, 6.45) is 0. The van der Waals surface area contributed by atoms with Crippen molar-refractivity contribution in [3.05, 3.63) is 57.7 Å². The number of carbonyl (C=O) groups excluding carboxylic acids is 2. The maximum atomic E-state index is 12.3. The summed E-state index contributed by atoms with van der Waals surface area (Å²) in [6, 6.07) is 9.64. The van der Waals surface area contributed by atoms with Gasteiger partial charge in [0, 0.05) is 16.6 Å². The van der Waals surface area contributed by atoms with Crippen LogP contribution in [0.25, 0.3) is 10.9 Å². The van der Waals surface area contributed by atoms with Crippen molar-refractivity contribution in [3.63, 3.8) is 0 Å². The number of rotatable bonds is 3. The van der Waals surface area contributed by atoms with Gasteiger partial charge in [-0.05, 0) is 36.4 Å². The zero-order chi connectivity index (χ0) is 17.3. The van der Waals surface area contributed by atoms with Gasteiger partial charge in [-0.1, -0.05) is 23.2 Å². The van der Waals surface area contributed by atoms with Crippen molar-refractivity contribution in [1.82, 2.24) is 10.2 Å². The molecule has 0 aliphatic rings. The highest BCUT2D eigenvalue weighted by Gasteiger charge is 2.15. The average Bonchev–Trinajstić information content (AvgIpc) is 2.99. The number of H-pyrrole nitrogens is 1. The second kappa shape index (κ2) is 6.51. The van der Waals surface area contributed by atoms with E-state index in [9.17, 15) is 9.59 Å². The SMILES string of the molecule is COC(=O)c1n[nH]c2ccc(NC(=O)c3ccc(Cl)c(Cl)c3)cc12. The predicted octanol–water partition coefficient (Wildman–Crippen LogP) is 3.91. The Hall–Kier alpha value is -2.57. The molecule has 6 nitrogen and oxygen atoms in total. The molecule has 0 aliphatic heterocycles. The molecule has 122 valence electrons. The number of amides is 1. The van der Waals surface area contributed by atoms with Crippen molar-refractivity contribution in [2.75, 3.05) is 12.4 Å². The van der Waals surface area contributed by atoms with Crippen LogP contribution in [-0.2, 0) is 4.74 Å². The number of benzene rings is 2. The minimum atomic E-state index is -0.561. The summed E-state index contributed by atoms with van der Waals surface area (Å²) < 4.78 is 4.68. The number of halogens is 2. The molecule has 0 bridgehead atoms. The number of nitrogens with zero attached hydrogens (tertiary/aromatic N) is 1. The summed E-state index contributed by atoms with van der Waals surface area (Å²) in [7, 11) is 1.28. The summed E-state index contributed by atoms with van der Waals surface area (Å²) in [4.78, 5) is 24.0. The van der Waals surface area contributed by atoms with E-state index in [0.29, 0.717) is 32.2 Å². The molecule has 1 aromatic heterocycles. The molecule has 8 heteroatoms. The van der Waals surface area contributed by atoms with Gasteiger partial charge < -0.3 is 10.1 Å². The topological polar surface area (TPSA) is 84.1 Å². The Balaban J connectivity index is 1.90. The normalized spacial score (nSPS) is 10.6. The maximum Gasteiger partial charge on any atom is 0.359 e. The van der Waals surface area contributed by atoms with E-state index in [1.54, 1.807) is 30.3 Å². The lowest BCUT2D eigenvalue weighted by molar-refractivity contribution is 0.0596. The number of ether oxygens (including phenoxy) is 1. The highest BCUT2D eigenvalue weighted by molar-refractivity contribution is 6.42. The Morgan fingerprint density at radius 2 is 1.92 bits per heavy atom. The monoisotopic (exact) mass is 363 g/mol. The quantitative estimate of drug-likeness (QED) is 0.691. The molecule has 0 saturated heterocycles. The van der Waals surface area contributed by atoms with E-state index in [1.165, 1.54) is 13.2 Å². The van der Waals surface area contributed by atoms with Gasteiger partial charge in [-0.25, -0.2) is 4.79 Å². The van der Waals surface area contributed by atoms with Crippen LogP contribution in [0.4, 0.5) is 5.69 Å². The Kier molecular flexibility index (Phi) is 4.42. The van der Waals surface area contributed by atoms with Gasteiger partial charge in [-0.15, -0.1) is 0 Å². The minimum Gasteiger partial charge on any atom is -0.464 e. The molecule has 0 aliphatic carbocycles. The third-order valence-electron chi connectivity index (χ3n) is 3.38. The number of anilines is 1. The molecule has 24 heavy (non-hydrogen) atoms. The number of esters is 1. The summed E-state index contributed by atoms with van der Waals surface area (Å²) >= 11 is 11.8. The lowest BCUT2D eigenvalue weighted by Crippen LogP contribution is -2.11. The van der Waals surface area contributed by atoms with Gasteiger partial charge in [0.25, 0.3) is 5.91 Å². The van der Waals surface area contributed by atoms with Crippen molar-refractivity contribution in [3.8, 4) is 0 Å². The van der Waals surface area contributed by atoms with Crippen LogP contribution in [0, 0.1) is 0 Å². The summed E-state index contributed by atoms with van der Waals surface area (Å²) in [5.41, 5.74) is 1.68. The lowest BCUT2D eigenvalue weighted by atomic mass is 10.1. The third-order valence-corrected chi connectivity index (χ3v) is 4.12. The molecule has 3 aromatic rings. The summed E-state index contributed by atoms with van der Waals surface area (Å²) in [6.45, 7) is 0. The van der Waals surface area contributed by atoms with E-state index in [1.807, 2.05) is 0 Å². The first kappa shape index (κ1) is 16.3. The lowest BCUT2D eigenvalue weighted by Gasteiger charge is -2.06. The third kappa shape index (κ3) is 3.06. The van der Waals surface area contributed by atoms with Gasteiger partial charge in [0.05, 0.1) is 22.7 Å². The van der Waals surface area contributed by atoms with E-state index in [-0.39, 0.29) is 11.6 Å². The number of nitrogens with one attached hydrogen (secondary N) is 2. The van der Waals surface area contributed by atoms with E-state index in [4.69, 9.17) is 23.2 Å². The highest BCUT2D eigenvalue weighted by Crippen LogP contribution is 2.24. The fraction of sp³-hybridized carbons (Fsp3) is 0.0625. The van der Waals surface area contributed by atoms with Gasteiger partial charge >= 0.3 is 5.97 Å². The van der Waals surface area contributed by atoms with Crippen LogP contribution in [0.1, 0.15) is 20.8 Å². The van der Waals surface area contributed by atoms with Crippen molar-refractivity contribution in [2.24, 2.45) is 0 Å². The predicted molar refractivity (Wildman–Crippen MR) is 91.8 cm³/mol. The zero-order valence-corrected chi connectivity index (χ0v) is 13.9. The molecule has 0 unspecified atom stereocenters. The van der Waals surface area contributed by atoms with Gasteiger partial charge in [0.15, 0.2) is 5.69 Å². The first-order valence-electron chi connectivity index (χ1n) is 6.82. The van der Waals surface area contributed by atoms with Crippen LogP contribution in [0.3, 0.4) is 0 Å². The van der Waals surface area contributed by atoms with Crippen LogP contribution >= 0.6 is 23.2 Å². The largest absolute Gasteiger partial charge is 0.464 e. The van der Waals surface area contributed by atoms with Crippen LogP contribution in [0.5, 0.6) is 0 Å². The molecule has 1 heterocycles. The molecule has 1 amide bonds. The number of aromatic amines is 1. The number of hydrogen-bond donors (Lipinski definition) is 2. The highest BCUT2D eigenvalue weighted by atomic mass is 35.5. The number of methoxy groups -OCH3 is 1. The minimum absolute atomic E-state index is 0.151. The number of aromatic nitrogens is 2. The second-order valence-electron chi connectivity index (χ2n) is 4.91. The fourth-order valence-electron chi connectivity index (χ4n) is 2.18. The maximum absolute atomic E-state index is 12.3. The van der Waals surface area contributed by atoms with Crippen LogP contribution in [0.15, 0.2) is 36.4 Å². The fourth-order valence-corrected chi connectivity index (χ4v) is 2.48. The van der Waals surface area contributed by atoms with Crippen LogP contribution in [-0.4, -0.2) is 29.2 Å². The van der Waals surface area contributed by atoms with Crippen molar-refractivity contribution >= 4 is 51.7 Å². The van der Waals surface area contributed by atoms with Crippen LogP contribution < -0.4 is 5.32 Å². The smallest absolute Gasteiger partial charge is 0.359 e. The molecular weight excluding hydrogens is 353 g/mol. The summed E-state index contributed by atoms with van der Waals surface area (Å²) in [5, 5.41) is 10.6. The molecule has 0 saturated carbocycles. The molecular formula is C16H11Cl2N3O3. The number of carbonyl (C=O) groups is 2. The van der Waals surface area contributed by atoms with Gasteiger partial charge in [0.2, 0.25) is 0 Å². The van der Waals surface area contributed by atoms with Gasteiger partial charge in [-0.2, -0.15) is 5.10 Å². The van der Waals surface area contributed by atoms with Crippen LogP contribution in [0.2, 0.25) is 10.0 Å². The Morgan fingerprint density at radius 3 is 2.62 bits per heavy atom. The van der Waals surface area contributed by atoms with E-state index >= 15 is 0 Å². The van der Waals surface area contributed by atoms with Gasteiger partial charge in [-0.3, -0.25) is 9.89 Å². The van der Waals surface area contributed by atoms with Gasteiger partial charge in [0.1, 0.15) is 0 Å². The van der Waals surface area contributed by atoms with E-state index in [2.05, 4.69) is 20.3 Å². The first-order chi connectivity index (χ1) is 11.5. The molecule has 2 N–H and O–H groups in total. The standard InChI is InChI=1S/C16H11Cl2N3O3/c1-24-16(23)14-10-7-9(3-5-13(10)20-21-14)19-15(22)8-2-4-11(17)12(18)6-8/h2-7H,1H3,(H,19,22)(H,20,21). The molecule has 0 fully saturated rings. The zero-order valence-electron chi connectivity index (χ0n) is 12.4. The van der Waals surface area contributed by atoms with Crippen molar-refractivity contribution in [2.45, 2.75) is 0 Å². The Bertz CT molecular complexity index is 953. The first-order valence-corrected chi connectivity index (χ1v) is 7.58. The molecule has 2 aromatic carbocycles. The molecule has 0 radical (unpaired) electrons.